The van der Waals surface area contributed by atoms with Gasteiger partial charge >= 0.3 is 0 Å². The fraction of sp³-hybridized carbons (Fsp3) is 0.431. The van der Waals surface area contributed by atoms with Crippen molar-refractivity contribution < 1.29 is 52.7 Å². The molecule has 2 saturated heterocycles. The minimum atomic E-state index is -1.13. The summed E-state index contributed by atoms with van der Waals surface area (Å²) in [5.41, 5.74) is 2.75. The Kier molecular flexibility index (Phi) is 17.5. The summed E-state index contributed by atoms with van der Waals surface area (Å²) in [5.74, 6) is -1.77. The zero-order valence-electron chi connectivity index (χ0n) is 38.3. The number of imide groups is 2. The Balaban J connectivity index is 0.719. The molecule has 3 aromatic carbocycles. The number of anilines is 2. The van der Waals surface area contributed by atoms with Crippen LogP contribution in [0, 0.1) is 0 Å². The highest BCUT2D eigenvalue weighted by molar-refractivity contribution is 7.99. The minimum absolute atomic E-state index is 0.00772. The maximum absolute atomic E-state index is 13.2. The van der Waals surface area contributed by atoms with E-state index in [1.165, 1.54) is 33.7 Å². The molecule has 16 nitrogen and oxygen atoms in total. The molecule has 1 atom stereocenters. The highest BCUT2D eigenvalue weighted by Gasteiger charge is 2.46. The topological polar surface area (TPSA) is 205 Å². The number of nitrogens with zero attached hydrogens (tertiary/aromatic N) is 4. The number of ether oxygens (including phenoxy) is 1. The molecule has 3 aromatic rings. The molecule has 2 fully saturated rings. The number of hydrogen-bond acceptors (Lipinski definition) is 15. The van der Waals surface area contributed by atoms with E-state index in [1.807, 2.05) is 29.0 Å². The third kappa shape index (κ3) is 13.1. The zero-order chi connectivity index (χ0) is 49.0. The lowest BCUT2D eigenvalue weighted by Gasteiger charge is -2.37. The number of hydrogen-bond donors (Lipinski definition) is 1. The summed E-state index contributed by atoms with van der Waals surface area (Å²) in [7, 11) is 0. The van der Waals surface area contributed by atoms with Crippen molar-refractivity contribution in [3.8, 4) is 5.75 Å². The summed E-state index contributed by atoms with van der Waals surface area (Å²) in [6.45, 7) is 4.44. The number of para-hydroxylation sites is 1. The van der Waals surface area contributed by atoms with Gasteiger partial charge in [-0.25, -0.2) is 4.79 Å². The monoisotopic (exact) mass is 979 g/mol. The van der Waals surface area contributed by atoms with Crippen LogP contribution in [0.5, 0.6) is 5.75 Å². The number of ketones is 5. The Morgan fingerprint density at radius 3 is 1.93 bits per heavy atom. The van der Waals surface area contributed by atoms with Crippen LogP contribution in [0.3, 0.4) is 0 Å². The quantitative estimate of drug-likeness (QED) is 0.0733. The molecule has 4 heterocycles. The van der Waals surface area contributed by atoms with Crippen LogP contribution >= 0.6 is 23.4 Å². The maximum atomic E-state index is 13.2. The fourth-order valence-electron chi connectivity index (χ4n) is 8.89. The molecule has 4 aliphatic rings. The predicted molar refractivity (Wildman–Crippen MR) is 255 cm³/mol. The first-order valence-electron chi connectivity index (χ1n) is 23.4. The zero-order valence-corrected chi connectivity index (χ0v) is 39.8. The van der Waals surface area contributed by atoms with Crippen molar-refractivity contribution in [3.05, 3.63) is 82.5 Å². The average molecular weight is 981 g/mol. The van der Waals surface area contributed by atoms with Crippen LogP contribution in [0.2, 0.25) is 5.02 Å². The van der Waals surface area contributed by atoms with Crippen molar-refractivity contribution in [3.63, 3.8) is 0 Å². The molecule has 0 aromatic heterocycles. The lowest BCUT2D eigenvalue weighted by Crippen LogP contribution is -2.54. The van der Waals surface area contributed by atoms with Crippen molar-refractivity contribution in [1.29, 1.82) is 0 Å². The Hall–Kier alpha value is -6.26. The third-order valence-corrected chi connectivity index (χ3v) is 14.1. The van der Waals surface area contributed by atoms with E-state index in [0.717, 1.165) is 43.2 Å². The molecular weight excluding hydrogens is 926 g/mol. The molecule has 0 bridgehead atoms. The second-order valence-electron chi connectivity index (χ2n) is 17.5. The van der Waals surface area contributed by atoms with Crippen LogP contribution < -0.4 is 15.0 Å². The Labute approximate surface area is 409 Å². The molecule has 362 valence electrons. The summed E-state index contributed by atoms with van der Waals surface area (Å²) >= 11 is 8.13. The summed E-state index contributed by atoms with van der Waals surface area (Å²) in [5, 5.41) is 2.85. The largest absolute Gasteiger partial charge is 0.492 e. The smallest absolute Gasteiger partial charge is 0.266 e. The van der Waals surface area contributed by atoms with Gasteiger partial charge in [0.05, 0.1) is 34.8 Å². The van der Waals surface area contributed by atoms with Crippen LogP contribution in [-0.4, -0.2) is 125 Å². The van der Waals surface area contributed by atoms with Gasteiger partial charge in [0, 0.05) is 125 Å². The lowest BCUT2D eigenvalue weighted by molar-refractivity contribution is -0.136. The van der Waals surface area contributed by atoms with E-state index < -0.39 is 29.7 Å². The molecule has 0 radical (unpaired) electrons. The number of nitrogens with one attached hydrogen (secondary N) is 1. The van der Waals surface area contributed by atoms with Crippen LogP contribution in [0.15, 0.2) is 76.2 Å². The van der Waals surface area contributed by atoms with Crippen LogP contribution in [0.1, 0.15) is 111 Å². The van der Waals surface area contributed by atoms with Crippen molar-refractivity contribution >= 4 is 93.2 Å². The van der Waals surface area contributed by atoms with E-state index in [9.17, 15) is 47.9 Å². The normalized spacial score (nSPS) is 16.6. The molecule has 0 saturated carbocycles. The van der Waals surface area contributed by atoms with Crippen LogP contribution in [0.4, 0.5) is 11.4 Å². The van der Waals surface area contributed by atoms with Gasteiger partial charge in [0.1, 0.15) is 46.6 Å². The number of benzene rings is 3. The highest BCUT2D eigenvalue weighted by Crippen LogP contribution is 2.48. The van der Waals surface area contributed by atoms with E-state index >= 15 is 0 Å². The molecule has 4 aliphatic heterocycles. The summed E-state index contributed by atoms with van der Waals surface area (Å²) in [6, 6.07) is 17.7. The van der Waals surface area contributed by atoms with Crippen molar-refractivity contribution in [2.45, 2.75) is 106 Å². The van der Waals surface area contributed by atoms with Gasteiger partial charge in [-0.3, -0.25) is 58.3 Å². The number of fused-ring (bicyclic) bond motifs is 3. The molecule has 0 aliphatic carbocycles. The Morgan fingerprint density at radius 2 is 1.29 bits per heavy atom. The third-order valence-electron chi connectivity index (χ3n) is 12.8. The second-order valence-corrected chi connectivity index (χ2v) is 19.0. The van der Waals surface area contributed by atoms with Gasteiger partial charge in [0.25, 0.3) is 11.8 Å². The van der Waals surface area contributed by atoms with Crippen molar-refractivity contribution in [2.75, 3.05) is 50.8 Å². The first-order chi connectivity index (χ1) is 33.3. The molecular formula is C51H54ClN5O11S. The van der Waals surface area contributed by atoms with Crippen LogP contribution in [0.25, 0.3) is 0 Å². The molecule has 69 heavy (non-hydrogen) atoms. The molecule has 0 spiro atoms. The summed E-state index contributed by atoms with van der Waals surface area (Å²) < 4.78 is 5.70. The van der Waals surface area contributed by atoms with Gasteiger partial charge in [-0.05, 0) is 61.9 Å². The average Bonchev–Trinajstić information content (AvgIpc) is 3.60. The number of carbonyl (C=O) groups is 9. The number of carbonyl (C=O) groups excluding carboxylic acids is 10. The van der Waals surface area contributed by atoms with Crippen molar-refractivity contribution in [2.24, 2.45) is 0 Å². The summed E-state index contributed by atoms with van der Waals surface area (Å²) in [4.78, 5) is 135. The molecule has 4 amide bonds. The van der Waals surface area contributed by atoms with E-state index in [0.29, 0.717) is 23.8 Å². The van der Waals surface area contributed by atoms with Gasteiger partial charge in [-0.15, -0.1) is 0 Å². The molecule has 1 unspecified atom stereocenters. The Morgan fingerprint density at radius 1 is 0.681 bits per heavy atom. The van der Waals surface area contributed by atoms with Gasteiger partial charge < -0.3 is 14.5 Å². The molecule has 7 rings (SSSR count). The van der Waals surface area contributed by atoms with E-state index in [-0.39, 0.29) is 136 Å². The number of piperazine rings is 1. The van der Waals surface area contributed by atoms with E-state index in [4.69, 9.17) is 16.3 Å². The fourth-order valence-corrected chi connectivity index (χ4v) is 10.1. The van der Waals surface area contributed by atoms with E-state index in [1.54, 1.807) is 11.8 Å². The van der Waals surface area contributed by atoms with Gasteiger partial charge in [-0.1, -0.05) is 41.6 Å². The number of piperidine rings is 1. The molecule has 18 heteroatoms. The number of amides is 4. The van der Waals surface area contributed by atoms with Crippen LogP contribution in [-0.2, 0) is 38.4 Å². The standard InChI is InChI=1S/C51H54ClN5O11S/c52-33-9-21-46-43(31-33)56(41-6-1-2-8-45(41)69-46)25-4-24-54-26-28-55(29-27-54)34(32-58)10-11-35(59)12-13-36(60)14-15-37(61)16-17-38(62)18-19-39(63)23-30-68-44-7-3-5-40-48(44)51(67)57(50(40)66)42-20-22-47(64)53-49(42)65/h1-3,5-9,21,31,42H,4,10-20,22-30H2,(H,53,64,65). The predicted octanol–water partition coefficient (Wildman–Crippen LogP) is 6.28. The first-order valence-corrected chi connectivity index (χ1v) is 24.6. The van der Waals surface area contributed by atoms with Gasteiger partial charge in [0.2, 0.25) is 11.8 Å². The number of allylic oxidation sites excluding steroid dienone is 1. The van der Waals surface area contributed by atoms with Gasteiger partial charge in [-0.2, -0.15) is 0 Å². The summed E-state index contributed by atoms with van der Waals surface area (Å²) in [6.07, 6.45) is 0.762. The Bertz CT molecular complexity index is 2590. The number of Topliss-reactive ketones (excluding diaryl/α,β-unsaturated/α-hetero) is 5. The second kappa shape index (κ2) is 23.8. The lowest BCUT2D eigenvalue weighted by atomic mass is 10.0. The molecule has 1 N–H and O–H groups in total. The van der Waals surface area contributed by atoms with Crippen molar-refractivity contribution in [1.82, 2.24) is 20.0 Å². The first kappa shape index (κ1) is 50.6. The minimum Gasteiger partial charge on any atom is -0.492 e. The van der Waals surface area contributed by atoms with Gasteiger partial charge in [0.15, 0.2) is 0 Å². The highest BCUT2D eigenvalue weighted by atomic mass is 35.5. The SMILES string of the molecule is O=C=C(CCC(=O)CCC(=O)CCC(=O)CCC(=O)CCC(=O)CCOc1cccc2c1C(=O)N(C1CCC(=O)NC1=O)C2=O)N1CCN(CCCN2c3ccccc3Sc3ccc(Cl)cc32)CC1. The number of halogens is 1. The maximum Gasteiger partial charge on any atom is 0.266 e. The number of rotatable bonds is 25. The van der Waals surface area contributed by atoms with E-state index in [2.05, 4.69) is 39.4 Å².